The third-order valence-electron chi connectivity index (χ3n) is 1.93. The Kier molecular flexibility index (Phi) is 4.06. The van der Waals surface area contributed by atoms with Crippen molar-refractivity contribution in [3.8, 4) is 11.8 Å². The molecule has 1 atom stereocenters. The Morgan fingerprint density at radius 3 is 2.71 bits per heavy atom. The summed E-state index contributed by atoms with van der Waals surface area (Å²) in [5.74, 6) is -0.382. The number of hydrogen-bond donors (Lipinski definition) is 2. The molecule has 0 unspecified atom stereocenters. The van der Waals surface area contributed by atoms with Crippen LogP contribution >= 0.6 is 0 Å². The highest BCUT2D eigenvalue weighted by molar-refractivity contribution is 5.95. The van der Waals surface area contributed by atoms with Crippen LogP contribution in [0.3, 0.4) is 0 Å². The minimum Gasteiger partial charge on any atom is -0.480 e. The Labute approximate surface area is 98.0 Å². The first kappa shape index (κ1) is 12.5. The first-order valence-corrected chi connectivity index (χ1v) is 4.80. The Hall–Kier alpha value is -2.55. The van der Waals surface area contributed by atoms with Gasteiger partial charge in [0, 0.05) is 0 Å². The van der Waals surface area contributed by atoms with Gasteiger partial charge in [0.1, 0.15) is 11.8 Å². The molecule has 0 fully saturated rings. The minimum atomic E-state index is -0.945. The van der Waals surface area contributed by atoms with Crippen LogP contribution in [0.1, 0.15) is 12.5 Å². The summed E-state index contributed by atoms with van der Waals surface area (Å²) in [5.41, 5.74) is 5.11. The van der Waals surface area contributed by atoms with E-state index < -0.39 is 18.0 Å². The van der Waals surface area contributed by atoms with E-state index in [1.165, 1.54) is 6.92 Å². The molecule has 0 radical (unpaired) electrons. The molecule has 0 saturated carbocycles. The van der Waals surface area contributed by atoms with E-state index in [9.17, 15) is 9.59 Å². The Morgan fingerprint density at radius 1 is 1.47 bits per heavy atom. The van der Waals surface area contributed by atoms with Gasteiger partial charge in [0.05, 0.1) is 5.56 Å². The van der Waals surface area contributed by atoms with Gasteiger partial charge in [-0.3, -0.25) is 10.1 Å². The summed E-state index contributed by atoms with van der Waals surface area (Å²) in [6.45, 7) is 1.45. The number of amides is 3. The van der Waals surface area contributed by atoms with Gasteiger partial charge in [0.25, 0.3) is 5.91 Å². The van der Waals surface area contributed by atoms with Crippen molar-refractivity contribution in [2.75, 3.05) is 0 Å². The molecule has 0 heterocycles. The summed E-state index contributed by atoms with van der Waals surface area (Å²) in [7, 11) is 0. The lowest BCUT2D eigenvalue weighted by atomic mass is 10.2. The van der Waals surface area contributed by atoms with Crippen LogP contribution in [0, 0.1) is 11.3 Å². The number of carbonyl (C=O) groups excluding carboxylic acids is 2. The van der Waals surface area contributed by atoms with Gasteiger partial charge >= 0.3 is 6.03 Å². The molecule has 3 amide bonds. The van der Waals surface area contributed by atoms with Crippen LogP contribution in [-0.2, 0) is 4.79 Å². The molecule has 0 aliphatic rings. The average Bonchev–Trinajstić information content (AvgIpc) is 2.28. The van der Waals surface area contributed by atoms with E-state index in [2.05, 4.69) is 0 Å². The number of primary amides is 1. The maximum atomic E-state index is 11.3. The zero-order valence-electron chi connectivity index (χ0n) is 9.14. The smallest absolute Gasteiger partial charge is 0.318 e. The molecular weight excluding hydrogens is 222 g/mol. The van der Waals surface area contributed by atoms with E-state index >= 15 is 0 Å². The highest BCUT2D eigenvalue weighted by Crippen LogP contribution is 2.17. The fourth-order valence-corrected chi connectivity index (χ4v) is 1.13. The van der Waals surface area contributed by atoms with E-state index in [-0.39, 0.29) is 5.75 Å². The van der Waals surface area contributed by atoms with E-state index in [0.29, 0.717) is 5.56 Å². The highest BCUT2D eigenvalue weighted by atomic mass is 16.5. The van der Waals surface area contributed by atoms with Crippen molar-refractivity contribution in [2.24, 2.45) is 5.73 Å². The summed E-state index contributed by atoms with van der Waals surface area (Å²) in [4.78, 5) is 21.8. The van der Waals surface area contributed by atoms with E-state index in [0.717, 1.165) is 0 Å². The quantitative estimate of drug-likeness (QED) is 0.793. The lowest BCUT2D eigenvalue weighted by Gasteiger charge is -2.13. The van der Waals surface area contributed by atoms with Crippen molar-refractivity contribution < 1.29 is 14.3 Å². The first-order valence-electron chi connectivity index (χ1n) is 4.80. The molecule has 0 aromatic heterocycles. The van der Waals surface area contributed by atoms with Crippen molar-refractivity contribution in [3.05, 3.63) is 29.8 Å². The molecule has 1 rings (SSSR count). The zero-order chi connectivity index (χ0) is 12.8. The van der Waals surface area contributed by atoms with Crippen LogP contribution < -0.4 is 15.8 Å². The number of nitrogens with two attached hydrogens (primary N) is 1. The van der Waals surface area contributed by atoms with Gasteiger partial charge in [-0.2, -0.15) is 5.26 Å². The number of benzene rings is 1. The maximum absolute atomic E-state index is 11.3. The Bertz CT molecular complexity index is 479. The Morgan fingerprint density at radius 2 is 2.12 bits per heavy atom. The number of nitrogens with zero attached hydrogens (tertiary/aromatic N) is 1. The number of nitriles is 1. The second-order valence-corrected chi connectivity index (χ2v) is 3.22. The lowest BCUT2D eigenvalue weighted by Crippen LogP contribution is -2.42. The van der Waals surface area contributed by atoms with Gasteiger partial charge in [0.15, 0.2) is 6.10 Å². The summed E-state index contributed by atoms with van der Waals surface area (Å²) in [5, 5.41) is 10.7. The van der Waals surface area contributed by atoms with Crippen LogP contribution in [0.15, 0.2) is 24.3 Å². The van der Waals surface area contributed by atoms with Crippen LogP contribution in [0.5, 0.6) is 5.75 Å². The number of imide groups is 1. The number of hydrogen-bond acceptors (Lipinski definition) is 4. The minimum absolute atomic E-state index is 0.280. The molecule has 1 aromatic rings. The molecule has 0 aliphatic heterocycles. The average molecular weight is 233 g/mol. The summed E-state index contributed by atoms with van der Waals surface area (Å²) >= 11 is 0. The SMILES string of the molecule is C[C@@H](Oc1ccccc1C#N)C(=O)NC(N)=O. The predicted octanol–water partition coefficient (Wildman–Crippen LogP) is 0.520. The van der Waals surface area contributed by atoms with Gasteiger partial charge in [-0.05, 0) is 19.1 Å². The van der Waals surface area contributed by atoms with E-state index in [4.69, 9.17) is 15.7 Å². The largest absolute Gasteiger partial charge is 0.480 e. The molecule has 3 N–H and O–H groups in total. The van der Waals surface area contributed by atoms with Gasteiger partial charge in [-0.15, -0.1) is 0 Å². The Balaban J connectivity index is 2.74. The van der Waals surface area contributed by atoms with Crippen LogP contribution in [0.25, 0.3) is 0 Å². The van der Waals surface area contributed by atoms with Crippen molar-refractivity contribution >= 4 is 11.9 Å². The summed E-state index contributed by atoms with van der Waals surface area (Å²) in [6.07, 6.45) is -0.919. The van der Waals surface area contributed by atoms with Crippen molar-refractivity contribution in [1.82, 2.24) is 5.32 Å². The zero-order valence-corrected chi connectivity index (χ0v) is 9.14. The molecule has 17 heavy (non-hydrogen) atoms. The molecule has 0 aliphatic carbocycles. The van der Waals surface area contributed by atoms with Gasteiger partial charge in [-0.25, -0.2) is 4.79 Å². The fraction of sp³-hybridized carbons (Fsp3) is 0.182. The molecular formula is C11H11N3O3. The summed E-state index contributed by atoms with van der Waals surface area (Å²) in [6, 6.07) is 7.47. The van der Waals surface area contributed by atoms with Crippen LogP contribution in [0.2, 0.25) is 0 Å². The van der Waals surface area contributed by atoms with Crippen molar-refractivity contribution in [1.29, 1.82) is 5.26 Å². The number of nitrogens with one attached hydrogen (secondary N) is 1. The monoisotopic (exact) mass is 233 g/mol. The van der Waals surface area contributed by atoms with Crippen LogP contribution in [0.4, 0.5) is 4.79 Å². The van der Waals surface area contributed by atoms with Crippen molar-refractivity contribution in [3.63, 3.8) is 0 Å². The first-order chi connectivity index (χ1) is 8.04. The lowest BCUT2D eigenvalue weighted by molar-refractivity contribution is -0.126. The fourth-order valence-electron chi connectivity index (χ4n) is 1.13. The highest BCUT2D eigenvalue weighted by Gasteiger charge is 2.17. The van der Waals surface area contributed by atoms with E-state index in [1.54, 1.807) is 24.3 Å². The number of carbonyl (C=O) groups is 2. The van der Waals surface area contributed by atoms with Gasteiger partial charge in [-0.1, -0.05) is 12.1 Å². The molecule has 1 aromatic carbocycles. The third-order valence-corrected chi connectivity index (χ3v) is 1.93. The number of urea groups is 1. The molecule has 88 valence electrons. The standard InChI is InChI=1S/C11H11N3O3/c1-7(10(15)14-11(13)16)17-9-5-3-2-4-8(9)6-12/h2-5,7H,1H3,(H3,13,14,15,16)/t7-/m1/s1. The van der Waals surface area contributed by atoms with Crippen molar-refractivity contribution in [2.45, 2.75) is 13.0 Å². The second kappa shape index (κ2) is 5.51. The second-order valence-electron chi connectivity index (χ2n) is 3.22. The van der Waals surface area contributed by atoms with Gasteiger partial charge in [0.2, 0.25) is 0 Å². The summed E-state index contributed by atoms with van der Waals surface area (Å²) < 4.78 is 5.26. The number of para-hydroxylation sites is 1. The number of ether oxygens (including phenoxy) is 1. The third kappa shape index (κ3) is 3.50. The molecule has 6 nitrogen and oxygen atoms in total. The maximum Gasteiger partial charge on any atom is 0.318 e. The number of rotatable bonds is 3. The van der Waals surface area contributed by atoms with Gasteiger partial charge < -0.3 is 10.5 Å². The molecule has 6 heteroatoms. The predicted molar refractivity (Wildman–Crippen MR) is 59.0 cm³/mol. The topological polar surface area (TPSA) is 105 Å². The van der Waals surface area contributed by atoms with Crippen LogP contribution in [-0.4, -0.2) is 18.0 Å². The normalized spacial score (nSPS) is 11.1. The molecule has 0 spiro atoms. The molecule has 0 bridgehead atoms. The van der Waals surface area contributed by atoms with E-state index in [1.807, 2.05) is 11.4 Å². The molecule has 0 saturated heterocycles.